The predicted molar refractivity (Wildman–Crippen MR) is 79.5 cm³/mol. The molecule has 2 heteroatoms. The third kappa shape index (κ3) is 2.70. The first-order chi connectivity index (χ1) is 9.68. The summed E-state index contributed by atoms with van der Waals surface area (Å²) in [4.78, 5) is 0. The molecular formula is C18H20O2. The lowest BCUT2D eigenvalue weighted by atomic mass is 9.82. The summed E-state index contributed by atoms with van der Waals surface area (Å²) in [5.41, 5.74) is 0.651. The fraction of sp³-hybridized carbons (Fsp3) is 0.333. The van der Waals surface area contributed by atoms with Crippen molar-refractivity contribution in [2.24, 2.45) is 5.92 Å². The highest BCUT2D eigenvalue weighted by molar-refractivity contribution is 5.39. The topological polar surface area (TPSA) is 40.5 Å². The van der Waals surface area contributed by atoms with E-state index in [2.05, 4.69) is 0 Å². The van der Waals surface area contributed by atoms with Crippen molar-refractivity contribution >= 4 is 0 Å². The number of aliphatic hydroxyl groups is 1. The Morgan fingerprint density at radius 3 is 2.30 bits per heavy atom. The van der Waals surface area contributed by atoms with Gasteiger partial charge in [0.25, 0.3) is 0 Å². The fourth-order valence-electron chi connectivity index (χ4n) is 2.75. The normalized spacial score (nSPS) is 17.6. The summed E-state index contributed by atoms with van der Waals surface area (Å²) in [6.45, 7) is 0. The van der Waals surface area contributed by atoms with Crippen LogP contribution in [0.1, 0.15) is 36.8 Å². The van der Waals surface area contributed by atoms with Crippen LogP contribution in [0.5, 0.6) is 5.75 Å². The molecule has 1 aliphatic rings. The standard InChI is InChI=1S/C18H20O2/c19-17-8-4-7-16(13-17)18(20,12-11-14-9-10-14)15-5-2-1-3-6-15/h1-8,13-14,19-20H,9-12H2. The van der Waals surface area contributed by atoms with Crippen LogP contribution >= 0.6 is 0 Å². The van der Waals surface area contributed by atoms with Gasteiger partial charge in [-0.1, -0.05) is 55.3 Å². The third-order valence-corrected chi connectivity index (χ3v) is 4.19. The third-order valence-electron chi connectivity index (χ3n) is 4.19. The van der Waals surface area contributed by atoms with Crippen LogP contribution in [-0.2, 0) is 5.60 Å². The molecule has 1 saturated carbocycles. The maximum absolute atomic E-state index is 11.2. The summed E-state index contributed by atoms with van der Waals surface area (Å²) in [5, 5.41) is 20.9. The number of phenolic OH excluding ortho intramolecular Hbond substituents is 1. The van der Waals surface area contributed by atoms with Gasteiger partial charge in [0.1, 0.15) is 11.4 Å². The zero-order chi connectivity index (χ0) is 14.0. The maximum atomic E-state index is 11.2. The molecule has 0 spiro atoms. The molecule has 1 aliphatic carbocycles. The van der Waals surface area contributed by atoms with Gasteiger partial charge in [-0.05, 0) is 42.0 Å². The molecule has 2 aromatic carbocycles. The van der Waals surface area contributed by atoms with Gasteiger partial charge in [0.2, 0.25) is 0 Å². The number of rotatable bonds is 5. The Hall–Kier alpha value is -1.80. The molecule has 104 valence electrons. The van der Waals surface area contributed by atoms with Crippen molar-refractivity contribution in [2.45, 2.75) is 31.3 Å². The minimum absolute atomic E-state index is 0.197. The van der Waals surface area contributed by atoms with E-state index in [1.165, 1.54) is 12.8 Å². The molecule has 1 fully saturated rings. The second-order valence-corrected chi connectivity index (χ2v) is 5.76. The molecule has 0 aliphatic heterocycles. The van der Waals surface area contributed by atoms with E-state index in [4.69, 9.17) is 0 Å². The van der Waals surface area contributed by atoms with Gasteiger partial charge in [-0.3, -0.25) is 0 Å². The summed E-state index contributed by atoms with van der Waals surface area (Å²) in [6, 6.07) is 16.7. The zero-order valence-electron chi connectivity index (χ0n) is 11.5. The Kier molecular flexibility index (Phi) is 3.49. The van der Waals surface area contributed by atoms with Crippen molar-refractivity contribution in [3.8, 4) is 5.75 Å². The average molecular weight is 268 g/mol. The Bertz CT molecular complexity index is 575. The molecule has 0 bridgehead atoms. The van der Waals surface area contributed by atoms with E-state index in [1.807, 2.05) is 36.4 Å². The Morgan fingerprint density at radius 1 is 0.950 bits per heavy atom. The number of hydrogen-bond donors (Lipinski definition) is 2. The SMILES string of the molecule is Oc1cccc(C(O)(CCC2CC2)c2ccccc2)c1. The van der Waals surface area contributed by atoms with Gasteiger partial charge in [-0.15, -0.1) is 0 Å². The van der Waals surface area contributed by atoms with Gasteiger partial charge in [0.05, 0.1) is 0 Å². The van der Waals surface area contributed by atoms with Crippen molar-refractivity contribution in [3.63, 3.8) is 0 Å². The van der Waals surface area contributed by atoms with Crippen molar-refractivity contribution < 1.29 is 10.2 Å². The molecule has 0 heterocycles. The van der Waals surface area contributed by atoms with Crippen molar-refractivity contribution in [1.82, 2.24) is 0 Å². The maximum Gasteiger partial charge on any atom is 0.115 e. The van der Waals surface area contributed by atoms with E-state index in [0.29, 0.717) is 6.42 Å². The molecule has 2 nitrogen and oxygen atoms in total. The number of aromatic hydroxyl groups is 1. The Morgan fingerprint density at radius 2 is 1.65 bits per heavy atom. The lowest BCUT2D eigenvalue weighted by Crippen LogP contribution is -2.27. The minimum atomic E-state index is -1.01. The van der Waals surface area contributed by atoms with Crippen molar-refractivity contribution in [1.29, 1.82) is 0 Å². The Labute approximate surface area is 119 Å². The van der Waals surface area contributed by atoms with E-state index in [1.54, 1.807) is 18.2 Å². The lowest BCUT2D eigenvalue weighted by Gasteiger charge is -2.29. The molecular weight excluding hydrogens is 248 g/mol. The summed E-state index contributed by atoms with van der Waals surface area (Å²) < 4.78 is 0. The van der Waals surface area contributed by atoms with Crippen LogP contribution in [0.4, 0.5) is 0 Å². The fourth-order valence-corrected chi connectivity index (χ4v) is 2.75. The summed E-state index contributed by atoms with van der Waals surface area (Å²) in [6.07, 6.45) is 4.29. The summed E-state index contributed by atoms with van der Waals surface area (Å²) in [7, 11) is 0. The number of phenols is 1. The van der Waals surface area contributed by atoms with E-state index >= 15 is 0 Å². The highest BCUT2D eigenvalue weighted by Gasteiger charge is 2.34. The first kappa shape index (κ1) is 13.2. The van der Waals surface area contributed by atoms with Crippen LogP contribution in [-0.4, -0.2) is 10.2 Å². The van der Waals surface area contributed by atoms with Gasteiger partial charge in [0.15, 0.2) is 0 Å². The molecule has 2 N–H and O–H groups in total. The van der Waals surface area contributed by atoms with Gasteiger partial charge in [-0.2, -0.15) is 0 Å². The minimum Gasteiger partial charge on any atom is -0.508 e. The largest absolute Gasteiger partial charge is 0.508 e. The monoisotopic (exact) mass is 268 g/mol. The smallest absolute Gasteiger partial charge is 0.115 e. The second-order valence-electron chi connectivity index (χ2n) is 5.76. The van der Waals surface area contributed by atoms with Crippen molar-refractivity contribution in [3.05, 3.63) is 65.7 Å². The highest BCUT2D eigenvalue weighted by Crippen LogP contribution is 2.41. The van der Waals surface area contributed by atoms with Crippen LogP contribution in [0, 0.1) is 5.92 Å². The van der Waals surface area contributed by atoms with Gasteiger partial charge >= 0.3 is 0 Å². The first-order valence-electron chi connectivity index (χ1n) is 7.26. The van der Waals surface area contributed by atoms with Crippen LogP contribution in [0.2, 0.25) is 0 Å². The van der Waals surface area contributed by atoms with Gasteiger partial charge in [-0.25, -0.2) is 0 Å². The summed E-state index contributed by atoms with van der Waals surface area (Å²) >= 11 is 0. The zero-order valence-corrected chi connectivity index (χ0v) is 11.5. The van der Waals surface area contributed by atoms with Crippen LogP contribution in [0.15, 0.2) is 54.6 Å². The first-order valence-corrected chi connectivity index (χ1v) is 7.26. The second kappa shape index (κ2) is 5.29. The molecule has 0 radical (unpaired) electrons. The lowest BCUT2D eigenvalue weighted by molar-refractivity contribution is 0.0667. The van der Waals surface area contributed by atoms with E-state index in [9.17, 15) is 10.2 Å². The molecule has 1 atom stereocenters. The average Bonchev–Trinajstić information content (AvgIpc) is 3.30. The molecule has 0 amide bonds. The molecule has 0 saturated heterocycles. The highest BCUT2D eigenvalue weighted by atomic mass is 16.3. The van der Waals surface area contributed by atoms with Gasteiger partial charge < -0.3 is 10.2 Å². The molecule has 2 aromatic rings. The molecule has 20 heavy (non-hydrogen) atoms. The van der Waals surface area contributed by atoms with E-state index < -0.39 is 5.60 Å². The number of benzene rings is 2. The van der Waals surface area contributed by atoms with Crippen molar-refractivity contribution in [2.75, 3.05) is 0 Å². The van der Waals surface area contributed by atoms with Gasteiger partial charge in [0, 0.05) is 0 Å². The van der Waals surface area contributed by atoms with Crippen LogP contribution in [0.3, 0.4) is 0 Å². The summed E-state index contributed by atoms with van der Waals surface area (Å²) in [5.74, 6) is 0.964. The van der Waals surface area contributed by atoms with Crippen LogP contribution in [0.25, 0.3) is 0 Å². The predicted octanol–water partition coefficient (Wildman–Crippen LogP) is 3.82. The van der Waals surface area contributed by atoms with Crippen LogP contribution < -0.4 is 0 Å². The molecule has 3 rings (SSSR count). The molecule has 0 aromatic heterocycles. The quantitative estimate of drug-likeness (QED) is 0.865. The Balaban J connectivity index is 1.97. The molecule has 1 unspecified atom stereocenters. The van der Waals surface area contributed by atoms with E-state index in [0.717, 1.165) is 23.5 Å². The van der Waals surface area contributed by atoms with E-state index in [-0.39, 0.29) is 5.75 Å². The number of hydrogen-bond acceptors (Lipinski definition) is 2.